The van der Waals surface area contributed by atoms with Gasteiger partial charge < -0.3 is 5.11 Å². The molecular weight excluding hydrogens is 276 g/mol. The average Bonchev–Trinajstić information content (AvgIpc) is 3.09. The Balaban J connectivity index is 1.73. The highest BCUT2D eigenvalue weighted by molar-refractivity contribution is 5.22. The number of hydrogen-bond donors (Lipinski definition) is 1. The van der Waals surface area contributed by atoms with E-state index in [1.54, 1.807) is 12.3 Å². The molecule has 1 aliphatic heterocycles. The molecule has 1 aromatic carbocycles. The number of nitrogens with zero attached hydrogens (tertiary/aromatic N) is 3. The molecule has 112 valence electrons. The largest absolute Gasteiger partial charge is 0.392 e. The molecule has 1 aliphatic rings. The first-order valence-electron chi connectivity index (χ1n) is 6.98. The number of aliphatic hydroxyl groups is 1. The minimum absolute atomic E-state index is 0.0920. The average molecular weight is 293 g/mol. The summed E-state index contributed by atoms with van der Waals surface area (Å²) in [4.78, 5) is 2.08. The van der Waals surface area contributed by atoms with Crippen LogP contribution in [0.15, 0.2) is 36.7 Å². The summed E-state index contributed by atoms with van der Waals surface area (Å²) in [5.74, 6) is -1.69. The van der Waals surface area contributed by atoms with Crippen molar-refractivity contribution in [2.24, 2.45) is 0 Å². The lowest BCUT2D eigenvalue weighted by atomic mass is 10.0. The molecule has 6 heteroatoms. The zero-order valence-electron chi connectivity index (χ0n) is 11.5. The molecule has 0 spiro atoms. The van der Waals surface area contributed by atoms with Gasteiger partial charge in [0.25, 0.3) is 0 Å². The quantitative estimate of drug-likeness (QED) is 0.937. The highest BCUT2D eigenvalue weighted by Crippen LogP contribution is 2.32. The number of rotatable bonds is 4. The van der Waals surface area contributed by atoms with Gasteiger partial charge >= 0.3 is 0 Å². The first-order valence-corrected chi connectivity index (χ1v) is 6.98. The lowest BCUT2D eigenvalue weighted by Gasteiger charge is -2.24. The number of aromatic nitrogens is 2. The molecule has 1 fully saturated rings. The second-order valence-electron chi connectivity index (χ2n) is 5.34. The van der Waals surface area contributed by atoms with E-state index in [2.05, 4.69) is 10.00 Å². The number of halogens is 2. The molecule has 1 aromatic heterocycles. The van der Waals surface area contributed by atoms with Crippen molar-refractivity contribution in [2.45, 2.75) is 25.1 Å². The van der Waals surface area contributed by atoms with Crippen molar-refractivity contribution in [1.29, 1.82) is 0 Å². The smallest absolute Gasteiger partial charge is 0.159 e. The van der Waals surface area contributed by atoms with E-state index in [1.165, 1.54) is 6.07 Å². The minimum atomic E-state index is -0.847. The standard InChI is InChI=1S/C15H17F2N3O/c16-13-3-2-11(8-14(13)17)15-9-12(21)10-19(15)6-7-20-5-1-4-18-20/h1-5,8,12,15,21H,6-7,9-10H2/t12-,15-/m1/s1. The third-order valence-corrected chi connectivity index (χ3v) is 3.89. The third-order valence-electron chi connectivity index (χ3n) is 3.89. The van der Waals surface area contributed by atoms with Crippen LogP contribution in [-0.2, 0) is 6.54 Å². The van der Waals surface area contributed by atoms with E-state index >= 15 is 0 Å². The van der Waals surface area contributed by atoms with Crippen LogP contribution >= 0.6 is 0 Å². The van der Waals surface area contributed by atoms with Gasteiger partial charge in [-0.3, -0.25) is 9.58 Å². The second kappa shape index (κ2) is 5.91. The van der Waals surface area contributed by atoms with Gasteiger partial charge in [-0.05, 0) is 30.2 Å². The van der Waals surface area contributed by atoms with E-state index < -0.39 is 17.7 Å². The van der Waals surface area contributed by atoms with Crippen LogP contribution in [0.2, 0.25) is 0 Å². The maximum atomic E-state index is 13.4. The Morgan fingerprint density at radius 2 is 2.10 bits per heavy atom. The van der Waals surface area contributed by atoms with Gasteiger partial charge in [-0.2, -0.15) is 5.10 Å². The van der Waals surface area contributed by atoms with Gasteiger partial charge in [-0.15, -0.1) is 0 Å². The summed E-state index contributed by atoms with van der Waals surface area (Å²) in [6.45, 7) is 1.92. The molecule has 2 aromatic rings. The molecule has 3 rings (SSSR count). The summed E-state index contributed by atoms with van der Waals surface area (Å²) in [6.07, 6.45) is 3.68. The fourth-order valence-electron chi connectivity index (χ4n) is 2.86. The maximum Gasteiger partial charge on any atom is 0.159 e. The monoisotopic (exact) mass is 293 g/mol. The van der Waals surface area contributed by atoms with Crippen molar-refractivity contribution in [3.05, 3.63) is 53.9 Å². The zero-order chi connectivity index (χ0) is 14.8. The first-order chi connectivity index (χ1) is 10.1. The minimum Gasteiger partial charge on any atom is -0.392 e. The Hall–Kier alpha value is -1.79. The van der Waals surface area contributed by atoms with Crippen LogP contribution in [0.4, 0.5) is 8.78 Å². The molecule has 4 nitrogen and oxygen atoms in total. The molecule has 0 radical (unpaired) electrons. The molecule has 2 atom stereocenters. The van der Waals surface area contributed by atoms with E-state index in [9.17, 15) is 13.9 Å². The van der Waals surface area contributed by atoms with Crippen LogP contribution in [0, 0.1) is 11.6 Å². The summed E-state index contributed by atoms with van der Waals surface area (Å²) in [5.41, 5.74) is 0.700. The number of likely N-dealkylation sites (tertiary alicyclic amines) is 1. The van der Waals surface area contributed by atoms with Crippen LogP contribution in [0.25, 0.3) is 0 Å². The second-order valence-corrected chi connectivity index (χ2v) is 5.34. The van der Waals surface area contributed by atoms with Crippen molar-refractivity contribution in [1.82, 2.24) is 14.7 Å². The Morgan fingerprint density at radius 3 is 2.81 bits per heavy atom. The SMILES string of the molecule is O[C@@H]1C[C@H](c2ccc(F)c(F)c2)N(CCn2cccn2)C1. The van der Waals surface area contributed by atoms with Crippen molar-refractivity contribution >= 4 is 0 Å². The van der Waals surface area contributed by atoms with Crippen molar-refractivity contribution in [3.63, 3.8) is 0 Å². The van der Waals surface area contributed by atoms with E-state index in [1.807, 2.05) is 16.9 Å². The molecule has 0 aliphatic carbocycles. The van der Waals surface area contributed by atoms with Gasteiger partial charge in [-0.25, -0.2) is 8.78 Å². The molecule has 1 saturated heterocycles. The van der Waals surface area contributed by atoms with Gasteiger partial charge in [0, 0.05) is 31.5 Å². The van der Waals surface area contributed by atoms with Crippen molar-refractivity contribution in [2.75, 3.05) is 13.1 Å². The summed E-state index contributed by atoms with van der Waals surface area (Å²) >= 11 is 0. The fraction of sp³-hybridized carbons (Fsp3) is 0.400. The summed E-state index contributed by atoms with van der Waals surface area (Å²) in [6, 6.07) is 5.71. The zero-order valence-corrected chi connectivity index (χ0v) is 11.5. The van der Waals surface area contributed by atoms with Crippen LogP contribution in [-0.4, -0.2) is 39.0 Å². The lowest BCUT2D eigenvalue weighted by molar-refractivity contribution is 0.172. The molecule has 1 N–H and O–H groups in total. The van der Waals surface area contributed by atoms with Crippen LogP contribution in [0.5, 0.6) is 0 Å². The van der Waals surface area contributed by atoms with Gasteiger partial charge in [0.15, 0.2) is 11.6 Å². The molecule has 0 saturated carbocycles. The summed E-state index contributed by atoms with van der Waals surface area (Å²) in [7, 11) is 0. The summed E-state index contributed by atoms with van der Waals surface area (Å²) in [5, 5.41) is 14.0. The Labute approximate surface area is 121 Å². The summed E-state index contributed by atoms with van der Waals surface area (Å²) < 4.78 is 28.3. The molecule has 0 amide bonds. The number of benzene rings is 1. The lowest BCUT2D eigenvalue weighted by Crippen LogP contribution is -2.28. The highest BCUT2D eigenvalue weighted by atomic mass is 19.2. The third kappa shape index (κ3) is 3.11. The van der Waals surface area contributed by atoms with Gasteiger partial charge in [0.05, 0.1) is 12.6 Å². The van der Waals surface area contributed by atoms with Gasteiger partial charge in [0.2, 0.25) is 0 Å². The van der Waals surface area contributed by atoms with E-state index in [0.29, 0.717) is 31.6 Å². The highest BCUT2D eigenvalue weighted by Gasteiger charge is 2.32. The topological polar surface area (TPSA) is 41.3 Å². The molecule has 0 bridgehead atoms. The predicted molar refractivity (Wildman–Crippen MR) is 73.5 cm³/mol. The van der Waals surface area contributed by atoms with Crippen LogP contribution in [0.3, 0.4) is 0 Å². The fourth-order valence-corrected chi connectivity index (χ4v) is 2.86. The van der Waals surface area contributed by atoms with E-state index in [-0.39, 0.29) is 6.04 Å². The van der Waals surface area contributed by atoms with E-state index in [0.717, 1.165) is 6.07 Å². The number of β-amino-alcohol motifs (C(OH)–C–C–N with tert-alkyl or cyclic N) is 1. The Bertz CT molecular complexity index is 603. The molecule has 21 heavy (non-hydrogen) atoms. The predicted octanol–water partition coefficient (Wildman–Crippen LogP) is 1.97. The van der Waals surface area contributed by atoms with Crippen LogP contribution in [0.1, 0.15) is 18.0 Å². The van der Waals surface area contributed by atoms with Crippen LogP contribution < -0.4 is 0 Å². The Kier molecular flexibility index (Phi) is 3.98. The van der Waals surface area contributed by atoms with Gasteiger partial charge in [-0.1, -0.05) is 6.07 Å². The van der Waals surface area contributed by atoms with Crippen molar-refractivity contribution in [3.8, 4) is 0 Å². The van der Waals surface area contributed by atoms with Crippen molar-refractivity contribution < 1.29 is 13.9 Å². The molecule has 2 heterocycles. The first kappa shape index (κ1) is 14.2. The van der Waals surface area contributed by atoms with Gasteiger partial charge in [0.1, 0.15) is 0 Å². The maximum absolute atomic E-state index is 13.4. The molecular formula is C15H17F2N3O. The molecule has 0 unspecified atom stereocenters. The Morgan fingerprint density at radius 1 is 1.24 bits per heavy atom. The number of aliphatic hydroxyl groups excluding tert-OH is 1. The normalized spacial score (nSPS) is 22.8. The number of hydrogen-bond acceptors (Lipinski definition) is 3. The van der Waals surface area contributed by atoms with E-state index in [4.69, 9.17) is 0 Å².